The first-order valence-corrected chi connectivity index (χ1v) is 12.7. The molecule has 2 rings (SSSR count). The second kappa shape index (κ2) is 11.5. The summed E-state index contributed by atoms with van der Waals surface area (Å²) in [6.07, 6.45) is 1.76. The normalized spacial score (nSPS) is 12.2. The summed E-state index contributed by atoms with van der Waals surface area (Å²) < 4.78 is 25.9. The Bertz CT molecular complexity index is 1050. The Morgan fingerprint density at radius 3 is 2.28 bits per heavy atom. The average Bonchev–Trinajstić information content (AvgIpc) is 2.75. The summed E-state index contributed by atoms with van der Waals surface area (Å²) in [7, 11) is -3.83. The standard InChI is InChI=1S/C22H27Cl2N3O4S/c1-4-12-25-22(29)16(2)26(14-17-8-6-5-7-9-17)21(28)15-27(32(3,30)31)18-10-11-19(23)20(24)13-18/h5-11,13,16H,4,12,14-15H2,1-3H3,(H,25,29)/t16-/m1/s1. The van der Waals surface area contributed by atoms with E-state index in [0.717, 1.165) is 22.5 Å². The van der Waals surface area contributed by atoms with Crippen LogP contribution in [0.15, 0.2) is 48.5 Å². The highest BCUT2D eigenvalue weighted by atomic mass is 35.5. The lowest BCUT2D eigenvalue weighted by Gasteiger charge is -2.31. The number of amides is 2. The summed E-state index contributed by atoms with van der Waals surface area (Å²) in [4.78, 5) is 27.3. The number of nitrogens with one attached hydrogen (secondary N) is 1. The molecule has 0 aromatic heterocycles. The Labute approximate surface area is 199 Å². The highest BCUT2D eigenvalue weighted by Gasteiger charge is 2.30. The number of anilines is 1. The van der Waals surface area contributed by atoms with E-state index in [1.165, 1.54) is 23.1 Å². The van der Waals surface area contributed by atoms with Gasteiger partial charge in [0.2, 0.25) is 21.8 Å². The fourth-order valence-electron chi connectivity index (χ4n) is 3.01. The molecule has 0 fully saturated rings. The molecule has 174 valence electrons. The summed E-state index contributed by atoms with van der Waals surface area (Å²) in [6.45, 7) is 3.69. The van der Waals surface area contributed by atoms with Crippen LogP contribution in [-0.2, 0) is 26.2 Å². The van der Waals surface area contributed by atoms with E-state index in [0.29, 0.717) is 6.54 Å². The van der Waals surface area contributed by atoms with E-state index in [-0.39, 0.29) is 28.2 Å². The first-order valence-electron chi connectivity index (χ1n) is 10.1. The third kappa shape index (κ3) is 7.12. The van der Waals surface area contributed by atoms with Gasteiger partial charge in [0.15, 0.2) is 0 Å². The van der Waals surface area contributed by atoms with Crippen LogP contribution >= 0.6 is 23.2 Å². The Balaban J connectivity index is 2.36. The largest absolute Gasteiger partial charge is 0.354 e. The van der Waals surface area contributed by atoms with Gasteiger partial charge in [-0.3, -0.25) is 13.9 Å². The molecule has 2 aromatic carbocycles. The van der Waals surface area contributed by atoms with Crippen LogP contribution in [0, 0.1) is 0 Å². The lowest BCUT2D eigenvalue weighted by Crippen LogP contribution is -2.51. The van der Waals surface area contributed by atoms with Crippen molar-refractivity contribution in [3.8, 4) is 0 Å². The van der Waals surface area contributed by atoms with Crippen molar-refractivity contribution in [3.63, 3.8) is 0 Å². The number of hydrogen-bond acceptors (Lipinski definition) is 4. The minimum atomic E-state index is -3.83. The van der Waals surface area contributed by atoms with Crippen molar-refractivity contribution in [3.05, 3.63) is 64.1 Å². The van der Waals surface area contributed by atoms with Gasteiger partial charge < -0.3 is 10.2 Å². The van der Waals surface area contributed by atoms with E-state index < -0.39 is 28.5 Å². The van der Waals surface area contributed by atoms with Gasteiger partial charge in [-0.2, -0.15) is 0 Å². The topological polar surface area (TPSA) is 86.8 Å². The molecule has 32 heavy (non-hydrogen) atoms. The van der Waals surface area contributed by atoms with E-state index in [4.69, 9.17) is 23.2 Å². The molecule has 0 unspecified atom stereocenters. The van der Waals surface area contributed by atoms with Crippen LogP contribution in [0.4, 0.5) is 5.69 Å². The van der Waals surface area contributed by atoms with Crippen LogP contribution in [0.2, 0.25) is 10.0 Å². The predicted molar refractivity (Wildman–Crippen MR) is 128 cm³/mol. The number of nitrogens with zero attached hydrogens (tertiary/aromatic N) is 2. The van der Waals surface area contributed by atoms with Crippen molar-refractivity contribution >= 4 is 50.7 Å². The van der Waals surface area contributed by atoms with Gasteiger partial charge in [-0.05, 0) is 37.1 Å². The van der Waals surface area contributed by atoms with E-state index >= 15 is 0 Å². The Kier molecular flexibility index (Phi) is 9.36. The zero-order chi connectivity index (χ0) is 23.9. The van der Waals surface area contributed by atoms with E-state index in [2.05, 4.69) is 5.32 Å². The summed E-state index contributed by atoms with van der Waals surface area (Å²) in [5.74, 6) is -0.832. The van der Waals surface area contributed by atoms with Crippen LogP contribution < -0.4 is 9.62 Å². The van der Waals surface area contributed by atoms with E-state index in [1.807, 2.05) is 37.3 Å². The van der Waals surface area contributed by atoms with Crippen molar-refractivity contribution in [2.75, 3.05) is 23.7 Å². The molecule has 0 saturated heterocycles. The molecule has 0 saturated carbocycles. The van der Waals surface area contributed by atoms with Crippen LogP contribution in [0.5, 0.6) is 0 Å². The van der Waals surface area contributed by atoms with Crippen molar-refractivity contribution in [1.29, 1.82) is 0 Å². The van der Waals surface area contributed by atoms with Crippen molar-refractivity contribution in [2.24, 2.45) is 0 Å². The SMILES string of the molecule is CCCNC(=O)[C@@H](C)N(Cc1ccccc1)C(=O)CN(c1ccc(Cl)c(Cl)c1)S(C)(=O)=O. The molecule has 10 heteroatoms. The molecule has 2 aromatic rings. The summed E-state index contributed by atoms with van der Waals surface area (Å²) in [6, 6.07) is 12.7. The molecule has 7 nitrogen and oxygen atoms in total. The second-order valence-corrected chi connectivity index (χ2v) is 10.1. The van der Waals surface area contributed by atoms with Crippen molar-refractivity contribution in [1.82, 2.24) is 10.2 Å². The number of carbonyl (C=O) groups excluding carboxylic acids is 2. The van der Waals surface area contributed by atoms with Gasteiger partial charge in [-0.25, -0.2) is 8.42 Å². The van der Waals surface area contributed by atoms with Crippen LogP contribution in [0.3, 0.4) is 0 Å². The summed E-state index contributed by atoms with van der Waals surface area (Å²) in [5, 5.41) is 3.22. The van der Waals surface area contributed by atoms with Crippen LogP contribution in [0.1, 0.15) is 25.8 Å². The van der Waals surface area contributed by atoms with Gasteiger partial charge in [0.25, 0.3) is 0 Å². The molecule has 0 spiro atoms. The lowest BCUT2D eigenvalue weighted by atomic mass is 10.1. The van der Waals surface area contributed by atoms with Gasteiger partial charge in [-0.1, -0.05) is 60.5 Å². The fourth-order valence-corrected chi connectivity index (χ4v) is 4.15. The number of halogens is 2. The summed E-state index contributed by atoms with van der Waals surface area (Å²) >= 11 is 12.0. The third-order valence-electron chi connectivity index (χ3n) is 4.78. The zero-order valence-corrected chi connectivity index (χ0v) is 20.5. The molecule has 1 N–H and O–H groups in total. The Morgan fingerprint density at radius 1 is 1.06 bits per heavy atom. The maximum atomic E-state index is 13.3. The molecule has 0 aliphatic heterocycles. The molecular formula is C22H27Cl2N3O4S. The van der Waals surface area contributed by atoms with Crippen molar-refractivity contribution in [2.45, 2.75) is 32.9 Å². The number of carbonyl (C=O) groups is 2. The number of benzene rings is 2. The predicted octanol–water partition coefficient (Wildman–Crippen LogP) is 3.70. The monoisotopic (exact) mass is 499 g/mol. The second-order valence-electron chi connectivity index (χ2n) is 7.34. The van der Waals surface area contributed by atoms with Gasteiger partial charge in [0.05, 0.1) is 22.0 Å². The van der Waals surface area contributed by atoms with Gasteiger partial charge in [-0.15, -0.1) is 0 Å². The Morgan fingerprint density at radius 2 is 1.72 bits per heavy atom. The molecule has 0 heterocycles. The number of rotatable bonds is 10. The zero-order valence-electron chi connectivity index (χ0n) is 18.2. The third-order valence-corrected chi connectivity index (χ3v) is 6.66. The number of hydrogen-bond donors (Lipinski definition) is 1. The Hall–Kier alpha value is -2.29. The minimum Gasteiger partial charge on any atom is -0.354 e. The maximum Gasteiger partial charge on any atom is 0.244 e. The minimum absolute atomic E-state index is 0.152. The molecule has 0 aliphatic rings. The van der Waals surface area contributed by atoms with Crippen LogP contribution in [-0.4, -0.2) is 50.5 Å². The molecular weight excluding hydrogens is 473 g/mol. The first kappa shape index (κ1) is 26.0. The van der Waals surface area contributed by atoms with Gasteiger partial charge in [0, 0.05) is 13.1 Å². The summed E-state index contributed by atoms with van der Waals surface area (Å²) in [5.41, 5.74) is 1.02. The highest BCUT2D eigenvalue weighted by Crippen LogP contribution is 2.28. The molecule has 0 radical (unpaired) electrons. The molecule has 0 aliphatic carbocycles. The lowest BCUT2D eigenvalue weighted by molar-refractivity contribution is -0.139. The van der Waals surface area contributed by atoms with E-state index in [9.17, 15) is 18.0 Å². The van der Waals surface area contributed by atoms with Crippen LogP contribution in [0.25, 0.3) is 0 Å². The fraction of sp³-hybridized carbons (Fsp3) is 0.364. The van der Waals surface area contributed by atoms with Gasteiger partial charge in [0.1, 0.15) is 12.6 Å². The van der Waals surface area contributed by atoms with Crippen molar-refractivity contribution < 1.29 is 18.0 Å². The molecule has 0 bridgehead atoms. The van der Waals surface area contributed by atoms with E-state index in [1.54, 1.807) is 6.92 Å². The molecule has 1 atom stereocenters. The maximum absolute atomic E-state index is 13.3. The highest BCUT2D eigenvalue weighted by molar-refractivity contribution is 7.92. The average molecular weight is 500 g/mol. The first-order chi connectivity index (χ1) is 15.0. The number of sulfonamides is 1. The molecule has 2 amide bonds. The van der Waals surface area contributed by atoms with Gasteiger partial charge >= 0.3 is 0 Å². The quantitative estimate of drug-likeness (QED) is 0.539. The smallest absolute Gasteiger partial charge is 0.244 e.